The van der Waals surface area contributed by atoms with Crippen LogP contribution in [0.25, 0.3) is 0 Å². The third kappa shape index (κ3) is 8.33. The molecule has 286 valence electrons. The van der Waals surface area contributed by atoms with Crippen molar-refractivity contribution in [2.75, 3.05) is 18.8 Å². The van der Waals surface area contributed by atoms with Crippen molar-refractivity contribution in [3.05, 3.63) is 12.7 Å². The number of piperidine rings is 1. The summed E-state index contributed by atoms with van der Waals surface area (Å²) in [5.41, 5.74) is -1.70. The minimum absolute atomic E-state index is 0.0737. The van der Waals surface area contributed by atoms with Crippen LogP contribution >= 0.6 is 0 Å². The van der Waals surface area contributed by atoms with Crippen LogP contribution in [-0.4, -0.2) is 90.1 Å². The molecule has 4 aliphatic carbocycles. The Kier molecular flexibility index (Phi) is 11.1. The molecule has 5 atom stereocenters. The molecule has 5 rings (SSSR count). The Bertz CT molecular complexity index is 1500. The molecule has 5 fully saturated rings. The highest BCUT2D eigenvalue weighted by Crippen LogP contribution is 2.65. The fourth-order valence-electron chi connectivity index (χ4n) is 9.09. The third-order valence-corrected chi connectivity index (χ3v) is 15.6. The number of sulfone groups is 1. The quantitative estimate of drug-likeness (QED) is 0.156. The summed E-state index contributed by atoms with van der Waals surface area (Å²) in [4.78, 5) is 70.5. The lowest BCUT2D eigenvalue weighted by Crippen LogP contribution is -2.64. The minimum atomic E-state index is -3.56. The standard InChI is InChI=1S/C38H61N5O7S/c1-8-20-39-32(46)29(44)26(21-24-14-15-24)40-31(45)28-27-25(36(27,5)6)22-43(28)33(47)30(37(7)16-12-13-17-37)41-34(48)42-38(18-10-9-11-19-38)23-51(49,50)35(2,3)4/h8,24-28,30H,1,9-23H2,2-7H3,(H,39,46)(H,40,45)(H2,41,42,48)/t25-,26?,27-,28-,30+/m0/s1. The van der Waals surface area contributed by atoms with Crippen LogP contribution in [0.5, 0.6) is 0 Å². The molecule has 12 nitrogen and oxygen atoms in total. The summed E-state index contributed by atoms with van der Waals surface area (Å²) < 4.78 is 25.8. The minimum Gasteiger partial charge on any atom is -0.346 e. The Morgan fingerprint density at radius 1 is 0.922 bits per heavy atom. The Hall–Kier alpha value is -2.96. The van der Waals surface area contributed by atoms with Gasteiger partial charge in [-0.25, -0.2) is 13.2 Å². The molecule has 1 saturated heterocycles. The predicted octanol–water partition coefficient (Wildman–Crippen LogP) is 3.79. The summed E-state index contributed by atoms with van der Waals surface area (Å²) in [5.74, 6) is -2.27. The maximum Gasteiger partial charge on any atom is 0.315 e. The van der Waals surface area contributed by atoms with Crippen molar-refractivity contribution < 1.29 is 32.4 Å². The summed E-state index contributed by atoms with van der Waals surface area (Å²) in [6.07, 6.45) is 10.5. The van der Waals surface area contributed by atoms with E-state index in [0.717, 1.165) is 44.9 Å². The van der Waals surface area contributed by atoms with Crippen molar-refractivity contribution in [1.82, 2.24) is 26.2 Å². The zero-order valence-corrected chi connectivity index (χ0v) is 32.4. The SMILES string of the molecule is C=CCNC(=O)C(=O)C(CC1CC1)NC(=O)[C@@H]1[C@@H]2[C@H](CN1C(=O)[C@@H](NC(=O)NC1(CS(=O)(=O)C(C)(C)C)CCCCC1)C1(C)CCCC1)C2(C)C. The molecule has 0 aromatic carbocycles. The van der Waals surface area contributed by atoms with Crippen LogP contribution < -0.4 is 21.3 Å². The summed E-state index contributed by atoms with van der Waals surface area (Å²) in [6.45, 7) is 15.2. The first kappa shape index (κ1) is 39.3. The molecule has 0 bridgehead atoms. The van der Waals surface area contributed by atoms with Gasteiger partial charge in [-0.1, -0.05) is 71.8 Å². The Labute approximate surface area is 304 Å². The number of ketones is 1. The molecule has 5 amide bonds. The maximum absolute atomic E-state index is 14.8. The van der Waals surface area contributed by atoms with Gasteiger partial charge in [0.05, 0.1) is 22.1 Å². The highest BCUT2D eigenvalue weighted by atomic mass is 32.2. The Morgan fingerprint density at radius 3 is 2.10 bits per heavy atom. The van der Waals surface area contributed by atoms with Crippen LogP contribution in [0.3, 0.4) is 0 Å². The van der Waals surface area contributed by atoms with Gasteiger partial charge in [-0.05, 0) is 81.5 Å². The lowest BCUT2D eigenvalue weighted by molar-refractivity contribution is -0.145. The fraction of sp³-hybridized carbons (Fsp3) is 0.816. The van der Waals surface area contributed by atoms with Gasteiger partial charge in [0.2, 0.25) is 17.6 Å². The summed E-state index contributed by atoms with van der Waals surface area (Å²) in [7, 11) is -3.56. The predicted molar refractivity (Wildman–Crippen MR) is 195 cm³/mol. The van der Waals surface area contributed by atoms with Crippen LogP contribution in [0, 0.1) is 28.6 Å². The number of amides is 5. The monoisotopic (exact) mass is 731 g/mol. The second-order valence-corrected chi connectivity index (χ2v) is 20.8. The zero-order valence-electron chi connectivity index (χ0n) is 31.6. The molecule has 0 spiro atoms. The van der Waals surface area contributed by atoms with Crippen molar-refractivity contribution in [2.24, 2.45) is 28.6 Å². The molecule has 5 aliphatic rings. The van der Waals surface area contributed by atoms with Gasteiger partial charge in [-0.15, -0.1) is 6.58 Å². The second-order valence-electron chi connectivity index (χ2n) is 18.1. The average Bonchev–Trinajstić information content (AvgIpc) is 3.80. The van der Waals surface area contributed by atoms with Crippen molar-refractivity contribution in [2.45, 2.75) is 147 Å². The molecular weight excluding hydrogens is 671 g/mol. The van der Waals surface area contributed by atoms with Crippen molar-refractivity contribution in [1.29, 1.82) is 0 Å². The number of carbonyl (C=O) groups is 5. The number of fused-ring (bicyclic) bond motifs is 1. The van der Waals surface area contributed by atoms with Crippen LogP contribution in [-0.2, 0) is 29.0 Å². The third-order valence-electron chi connectivity index (χ3n) is 12.8. The van der Waals surface area contributed by atoms with Gasteiger partial charge in [-0.2, -0.15) is 0 Å². The fourth-order valence-corrected chi connectivity index (χ4v) is 10.6. The Morgan fingerprint density at radius 2 is 1.53 bits per heavy atom. The highest BCUT2D eigenvalue weighted by Gasteiger charge is 2.70. The number of urea groups is 1. The number of nitrogens with zero attached hydrogens (tertiary/aromatic N) is 1. The van der Waals surface area contributed by atoms with Crippen LogP contribution in [0.1, 0.15) is 119 Å². The smallest absolute Gasteiger partial charge is 0.315 e. The summed E-state index contributed by atoms with van der Waals surface area (Å²) >= 11 is 0. The first-order valence-corrected chi connectivity index (χ1v) is 20.8. The van der Waals surface area contributed by atoms with E-state index in [4.69, 9.17) is 0 Å². The molecule has 1 unspecified atom stereocenters. The molecule has 51 heavy (non-hydrogen) atoms. The average molecular weight is 732 g/mol. The lowest BCUT2D eigenvalue weighted by atomic mass is 9.79. The van der Waals surface area contributed by atoms with E-state index in [-0.39, 0.29) is 41.4 Å². The number of nitrogens with one attached hydrogen (secondary N) is 4. The Balaban J connectivity index is 1.38. The number of likely N-dealkylation sites (tertiary alicyclic amines) is 1. The second kappa shape index (κ2) is 14.5. The molecule has 13 heteroatoms. The normalized spacial score (nSPS) is 27.3. The topological polar surface area (TPSA) is 171 Å². The molecule has 4 saturated carbocycles. The summed E-state index contributed by atoms with van der Waals surface area (Å²) in [6, 6.07) is -3.37. The van der Waals surface area contributed by atoms with Gasteiger partial charge >= 0.3 is 6.03 Å². The molecule has 1 heterocycles. The van der Waals surface area contributed by atoms with E-state index in [2.05, 4.69) is 41.7 Å². The van der Waals surface area contributed by atoms with Crippen LogP contribution in [0.15, 0.2) is 12.7 Å². The summed E-state index contributed by atoms with van der Waals surface area (Å²) in [5, 5.41) is 11.5. The number of carbonyl (C=O) groups excluding carboxylic acids is 5. The molecule has 1 aliphatic heterocycles. The largest absolute Gasteiger partial charge is 0.346 e. The zero-order chi connectivity index (χ0) is 37.6. The van der Waals surface area contributed by atoms with Crippen LogP contribution in [0.2, 0.25) is 0 Å². The van der Waals surface area contributed by atoms with Gasteiger partial charge in [0.25, 0.3) is 5.91 Å². The highest BCUT2D eigenvalue weighted by molar-refractivity contribution is 7.92. The van der Waals surface area contributed by atoms with Gasteiger partial charge in [0.1, 0.15) is 12.1 Å². The first-order chi connectivity index (χ1) is 23.8. The van der Waals surface area contributed by atoms with Crippen LogP contribution in [0.4, 0.5) is 4.79 Å². The van der Waals surface area contributed by atoms with E-state index in [9.17, 15) is 32.4 Å². The van der Waals surface area contributed by atoms with Gasteiger partial charge < -0.3 is 26.2 Å². The maximum atomic E-state index is 14.8. The van der Waals surface area contributed by atoms with E-state index in [0.29, 0.717) is 38.6 Å². The van der Waals surface area contributed by atoms with Crippen molar-refractivity contribution in [3.8, 4) is 0 Å². The molecule has 0 aromatic rings. The first-order valence-electron chi connectivity index (χ1n) is 19.1. The molecule has 4 N–H and O–H groups in total. The van der Waals surface area contributed by atoms with E-state index >= 15 is 0 Å². The van der Waals surface area contributed by atoms with E-state index < -0.39 is 67.3 Å². The van der Waals surface area contributed by atoms with Crippen molar-refractivity contribution in [3.63, 3.8) is 0 Å². The van der Waals surface area contributed by atoms with Gasteiger partial charge in [0, 0.05) is 13.1 Å². The number of Topliss-reactive ketones (excluding diaryl/α,β-unsaturated/α-hetero) is 1. The van der Waals surface area contributed by atoms with E-state index in [1.54, 1.807) is 25.7 Å². The van der Waals surface area contributed by atoms with Crippen molar-refractivity contribution >= 4 is 39.4 Å². The molecule has 0 aromatic heterocycles. The molecule has 0 radical (unpaired) electrons. The number of hydrogen-bond acceptors (Lipinski definition) is 7. The lowest BCUT2D eigenvalue weighted by Gasteiger charge is -2.42. The van der Waals surface area contributed by atoms with Gasteiger partial charge in [-0.3, -0.25) is 19.2 Å². The van der Waals surface area contributed by atoms with E-state index in [1.807, 2.05) is 6.92 Å². The number of rotatable bonds is 14. The number of hydrogen-bond donors (Lipinski definition) is 4. The van der Waals surface area contributed by atoms with E-state index in [1.165, 1.54) is 6.08 Å². The molecular formula is C38H61N5O7S. The van der Waals surface area contributed by atoms with Gasteiger partial charge in [0.15, 0.2) is 9.84 Å².